The largest absolute Gasteiger partial charge is 0.480 e. The molecule has 4 aromatic rings. The van der Waals surface area contributed by atoms with Crippen LogP contribution in [-0.4, -0.2) is 74.4 Å². The molecule has 5 rings (SSSR count). The van der Waals surface area contributed by atoms with E-state index in [9.17, 15) is 24.3 Å². The van der Waals surface area contributed by atoms with Gasteiger partial charge >= 0.3 is 5.97 Å². The van der Waals surface area contributed by atoms with Gasteiger partial charge in [0.05, 0.1) is 6.04 Å². The van der Waals surface area contributed by atoms with Crippen LogP contribution < -0.4 is 16.4 Å². The second-order valence-corrected chi connectivity index (χ2v) is 10.6. The zero-order chi connectivity index (χ0) is 29.1. The van der Waals surface area contributed by atoms with Gasteiger partial charge in [0.15, 0.2) is 0 Å². The topological polar surface area (TPSA) is 173 Å². The Labute approximate surface area is 236 Å². The molecule has 214 valence electrons. The van der Waals surface area contributed by atoms with Gasteiger partial charge in [-0.25, -0.2) is 0 Å². The molecule has 1 aliphatic heterocycles. The smallest absolute Gasteiger partial charge is 0.325 e. The van der Waals surface area contributed by atoms with E-state index < -0.39 is 47.9 Å². The van der Waals surface area contributed by atoms with Crippen LogP contribution in [0.5, 0.6) is 0 Å². The van der Waals surface area contributed by atoms with Crippen molar-refractivity contribution in [1.82, 2.24) is 25.5 Å². The number of benzene rings is 2. The summed E-state index contributed by atoms with van der Waals surface area (Å²) in [5.74, 6) is -2.58. The van der Waals surface area contributed by atoms with Crippen LogP contribution in [-0.2, 0) is 32.0 Å². The third-order valence-corrected chi connectivity index (χ3v) is 7.73. The van der Waals surface area contributed by atoms with E-state index in [1.807, 2.05) is 60.9 Å². The van der Waals surface area contributed by atoms with E-state index in [4.69, 9.17) is 5.73 Å². The van der Waals surface area contributed by atoms with Gasteiger partial charge in [0.25, 0.3) is 0 Å². The first-order valence-electron chi connectivity index (χ1n) is 13.7. The Balaban J connectivity index is 1.37. The fourth-order valence-electron chi connectivity index (χ4n) is 5.50. The Bertz CT molecular complexity index is 1590. The summed E-state index contributed by atoms with van der Waals surface area (Å²) >= 11 is 0. The number of nitrogens with one attached hydrogen (secondary N) is 4. The number of carboxylic acid groups (broad SMARTS) is 1. The SMILES string of the molecule is CC(NC(=O)C1CCCN1C(=O)C(Cc1c[nH]c2ccccc12)NC(=O)C(N)Cc1c[nH]c2ccccc12)C(=O)O. The van der Waals surface area contributed by atoms with Crippen molar-refractivity contribution in [2.75, 3.05) is 6.54 Å². The molecule has 1 aliphatic rings. The average molecular weight is 559 g/mol. The monoisotopic (exact) mass is 558 g/mol. The van der Waals surface area contributed by atoms with Gasteiger partial charge in [-0.1, -0.05) is 36.4 Å². The lowest BCUT2D eigenvalue weighted by Gasteiger charge is -2.29. The number of carbonyl (C=O) groups is 4. The number of amides is 3. The van der Waals surface area contributed by atoms with Crippen LogP contribution in [0.4, 0.5) is 0 Å². The molecule has 0 bridgehead atoms. The van der Waals surface area contributed by atoms with Gasteiger partial charge in [-0.15, -0.1) is 0 Å². The highest BCUT2D eigenvalue weighted by Gasteiger charge is 2.39. The summed E-state index contributed by atoms with van der Waals surface area (Å²) in [5.41, 5.74) is 9.92. The third kappa shape index (κ3) is 5.94. The molecule has 0 spiro atoms. The normalized spacial score (nSPS) is 17.3. The van der Waals surface area contributed by atoms with Crippen LogP contribution in [0.1, 0.15) is 30.9 Å². The van der Waals surface area contributed by atoms with Crippen molar-refractivity contribution in [3.8, 4) is 0 Å². The Hall–Kier alpha value is -4.64. The highest BCUT2D eigenvalue weighted by Crippen LogP contribution is 2.24. The van der Waals surface area contributed by atoms with E-state index in [-0.39, 0.29) is 12.8 Å². The Morgan fingerprint density at radius 3 is 2.15 bits per heavy atom. The van der Waals surface area contributed by atoms with Crippen LogP contribution in [0.2, 0.25) is 0 Å². The van der Waals surface area contributed by atoms with Gasteiger partial charge in [-0.2, -0.15) is 0 Å². The quantitative estimate of drug-likeness (QED) is 0.173. The average Bonchev–Trinajstić information content (AvgIpc) is 3.71. The number of likely N-dealkylation sites (tertiary alicyclic amines) is 1. The van der Waals surface area contributed by atoms with E-state index in [1.54, 1.807) is 0 Å². The summed E-state index contributed by atoms with van der Waals surface area (Å²) in [6.45, 7) is 1.69. The molecule has 0 radical (unpaired) electrons. The van der Waals surface area contributed by atoms with E-state index in [1.165, 1.54) is 11.8 Å². The maximum absolute atomic E-state index is 14.0. The fourth-order valence-corrected chi connectivity index (χ4v) is 5.50. The van der Waals surface area contributed by atoms with Crippen molar-refractivity contribution >= 4 is 45.5 Å². The molecule has 2 aromatic heterocycles. The molecular formula is C30H34N6O5. The molecular weight excluding hydrogens is 524 g/mol. The van der Waals surface area contributed by atoms with Gasteiger partial charge in [0.2, 0.25) is 17.7 Å². The number of rotatable bonds is 10. The molecule has 4 unspecified atom stereocenters. The summed E-state index contributed by atoms with van der Waals surface area (Å²) in [6.07, 6.45) is 5.08. The molecule has 11 heteroatoms. The number of aliphatic carboxylic acids is 1. The number of aromatic nitrogens is 2. The number of carbonyl (C=O) groups excluding carboxylic acids is 3. The molecule has 0 saturated carbocycles. The van der Waals surface area contributed by atoms with Gasteiger partial charge in [0.1, 0.15) is 18.1 Å². The number of hydrogen-bond acceptors (Lipinski definition) is 5. The first kappa shape index (κ1) is 27.9. The standard InChI is InChI=1S/C30H34N6O5/c1-17(30(40)41)34-28(38)26-11-6-12-36(26)29(39)25(14-19-16-33-24-10-5-3-8-21(19)24)35-27(37)22(31)13-18-15-32-23-9-4-2-7-20(18)23/h2-5,7-10,15-17,22,25-26,32-33H,6,11-14,31H2,1H3,(H,34,38)(H,35,37)(H,40,41). The Morgan fingerprint density at radius 2 is 1.54 bits per heavy atom. The molecule has 4 atom stereocenters. The van der Waals surface area contributed by atoms with Crippen molar-refractivity contribution in [2.24, 2.45) is 5.73 Å². The van der Waals surface area contributed by atoms with Crippen LogP contribution in [0.25, 0.3) is 21.8 Å². The van der Waals surface area contributed by atoms with Crippen LogP contribution in [0, 0.1) is 0 Å². The van der Waals surface area contributed by atoms with Crippen LogP contribution >= 0.6 is 0 Å². The van der Waals surface area contributed by atoms with E-state index >= 15 is 0 Å². The van der Waals surface area contributed by atoms with Gasteiger partial charge in [-0.3, -0.25) is 19.2 Å². The summed E-state index contributed by atoms with van der Waals surface area (Å²) in [7, 11) is 0. The molecule has 3 amide bonds. The zero-order valence-corrected chi connectivity index (χ0v) is 22.7. The third-order valence-electron chi connectivity index (χ3n) is 7.73. The molecule has 41 heavy (non-hydrogen) atoms. The van der Waals surface area contributed by atoms with Crippen molar-refractivity contribution in [2.45, 2.75) is 56.8 Å². The Morgan fingerprint density at radius 1 is 0.951 bits per heavy atom. The lowest BCUT2D eigenvalue weighted by molar-refractivity contribution is -0.144. The highest BCUT2D eigenvalue weighted by molar-refractivity contribution is 5.95. The highest BCUT2D eigenvalue weighted by atomic mass is 16.4. The maximum atomic E-state index is 14.0. The number of H-pyrrole nitrogens is 2. The number of nitrogens with zero attached hydrogens (tertiary/aromatic N) is 1. The maximum Gasteiger partial charge on any atom is 0.325 e. The molecule has 0 aliphatic carbocycles. The molecule has 1 saturated heterocycles. The molecule has 1 fully saturated rings. The summed E-state index contributed by atoms with van der Waals surface area (Å²) in [5, 5.41) is 16.4. The first-order chi connectivity index (χ1) is 19.7. The second-order valence-electron chi connectivity index (χ2n) is 10.6. The van der Waals surface area contributed by atoms with Crippen molar-refractivity contribution < 1.29 is 24.3 Å². The fraction of sp³-hybridized carbons (Fsp3) is 0.333. The number of nitrogens with two attached hydrogens (primary N) is 1. The first-order valence-corrected chi connectivity index (χ1v) is 13.7. The minimum absolute atomic E-state index is 0.185. The summed E-state index contributed by atoms with van der Waals surface area (Å²) in [6, 6.07) is 11.6. The number of para-hydroxylation sites is 2. The summed E-state index contributed by atoms with van der Waals surface area (Å²) < 4.78 is 0. The van der Waals surface area contributed by atoms with Crippen LogP contribution in [0.15, 0.2) is 60.9 Å². The van der Waals surface area contributed by atoms with Crippen LogP contribution in [0.3, 0.4) is 0 Å². The predicted molar refractivity (Wildman–Crippen MR) is 154 cm³/mol. The lowest BCUT2D eigenvalue weighted by atomic mass is 10.0. The molecule has 3 heterocycles. The second kappa shape index (κ2) is 11.8. The van der Waals surface area contributed by atoms with E-state index in [0.29, 0.717) is 19.4 Å². The van der Waals surface area contributed by atoms with E-state index in [2.05, 4.69) is 20.6 Å². The lowest BCUT2D eigenvalue weighted by Crippen LogP contribution is -2.57. The predicted octanol–water partition coefficient (Wildman–Crippen LogP) is 1.83. The number of aromatic amines is 2. The number of carboxylic acids is 1. The van der Waals surface area contributed by atoms with Crippen molar-refractivity contribution in [3.05, 3.63) is 72.1 Å². The number of fused-ring (bicyclic) bond motifs is 2. The van der Waals surface area contributed by atoms with E-state index in [0.717, 1.165) is 32.9 Å². The number of hydrogen-bond donors (Lipinski definition) is 6. The zero-order valence-electron chi connectivity index (χ0n) is 22.7. The van der Waals surface area contributed by atoms with Crippen molar-refractivity contribution in [3.63, 3.8) is 0 Å². The Kier molecular flexibility index (Phi) is 8.06. The molecule has 11 nitrogen and oxygen atoms in total. The molecule has 7 N–H and O–H groups in total. The molecule has 2 aromatic carbocycles. The summed E-state index contributed by atoms with van der Waals surface area (Å²) in [4.78, 5) is 59.4. The van der Waals surface area contributed by atoms with Crippen molar-refractivity contribution in [1.29, 1.82) is 0 Å². The minimum Gasteiger partial charge on any atom is -0.480 e. The van der Waals surface area contributed by atoms with Gasteiger partial charge in [-0.05, 0) is 49.4 Å². The van der Waals surface area contributed by atoms with Gasteiger partial charge in [0, 0.05) is 47.2 Å². The minimum atomic E-state index is -1.16. The van der Waals surface area contributed by atoms with Gasteiger partial charge < -0.3 is 36.3 Å².